The fourth-order valence-corrected chi connectivity index (χ4v) is 2.52. The predicted octanol–water partition coefficient (Wildman–Crippen LogP) is 1.66. The number of anilines is 1. The fourth-order valence-electron chi connectivity index (χ4n) is 1.83. The Kier molecular flexibility index (Phi) is 7.76. The first-order valence-corrected chi connectivity index (χ1v) is 8.67. The number of carbonyl (C=O) groups excluding carboxylic acids is 2. The monoisotopic (exact) mass is 357 g/mol. The number of nitrogens with zero attached hydrogens (tertiary/aromatic N) is 1. The van der Waals surface area contributed by atoms with E-state index in [2.05, 4.69) is 15.8 Å². The summed E-state index contributed by atoms with van der Waals surface area (Å²) in [6.45, 7) is 6.99. The first-order valence-electron chi connectivity index (χ1n) is 7.62. The van der Waals surface area contributed by atoms with Crippen molar-refractivity contribution in [1.29, 1.82) is 0 Å². The predicted molar refractivity (Wildman–Crippen MR) is 90.8 cm³/mol. The molecule has 0 fully saturated rings. The smallest absolute Gasteiger partial charge is 0.326 e. The van der Waals surface area contributed by atoms with Crippen molar-refractivity contribution in [1.82, 2.24) is 10.5 Å². The van der Waals surface area contributed by atoms with Gasteiger partial charge in [-0.15, -0.1) is 11.8 Å². The Labute approximate surface area is 144 Å². The zero-order valence-electron chi connectivity index (χ0n) is 14.2. The number of carboxylic acids is 1. The third-order valence-corrected chi connectivity index (χ3v) is 4.65. The maximum atomic E-state index is 12.0. The third kappa shape index (κ3) is 6.23. The normalized spacial score (nSPS) is 14.5. The minimum absolute atomic E-state index is 0.00730. The summed E-state index contributed by atoms with van der Waals surface area (Å²) in [5.41, 5.74) is 0. The topological polar surface area (TPSA) is 122 Å². The summed E-state index contributed by atoms with van der Waals surface area (Å²) in [4.78, 5) is 35.1. The molecule has 9 heteroatoms. The van der Waals surface area contributed by atoms with Crippen molar-refractivity contribution in [2.45, 2.75) is 45.4 Å². The molecule has 1 heterocycles. The van der Waals surface area contributed by atoms with Crippen LogP contribution in [0.2, 0.25) is 0 Å². The molecule has 0 aliphatic rings. The number of carboxylic acid groups (broad SMARTS) is 1. The van der Waals surface area contributed by atoms with Crippen LogP contribution in [0.1, 0.15) is 33.0 Å². The summed E-state index contributed by atoms with van der Waals surface area (Å²) in [7, 11) is 0. The molecule has 0 saturated heterocycles. The molecule has 1 rings (SSSR count). The number of amides is 2. The average Bonchev–Trinajstić information content (AvgIpc) is 2.93. The van der Waals surface area contributed by atoms with Gasteiger partial charge < -0.3 is 20.3 Å². The Bertz CT molecular complexity index is 589. The van der Waals surface area contributed by atoms with Crippen LogP contribution in [0.25, 0.3) is 0 Å². The van der Waals surface area contributed by atoms with Gasteiger partial charge in [0.25, 0.3) is 0 Å². The summed E-state index contributed by atoms with van der Waals surface area (Å²) < 4.78 is 4.85. The number of nitrogens with one attached hydrogen (secondary N) is 2. The van der Waals surface area contributed by atoms with Crippen molar-refractivity contribution in [2.24, 2.45) is 5.92 Å². The number of hydrogen-bond acceptors (Lipinski definition) is 6. The van der Waals surface area contributed by atoms with Gasteiger partial charge in [0.1, 0.15) is 11.8 Å². The zero-order chi connectivity index (χ0) is 18.3. The molecular weight excluding hydrogens is 334 g/mol. The van der Waals surface area contributed by atoms with E-state index in [-0.39, 0.29) is 17.6 Å². The van der Waals surface area contributed by atoms with Crippen molar-refractivity contribution in [3.63, 3.8) is 0 Å². The molecule has 134 valence electrons. The molecule has 3 N–H and O–H groups in total. The van der Waals surface area contributed by atoms with Crippen LogP contribution in [-0.2, 0) is 14.4 Å². The number of hydrogen-bond donors (Lipinski definition) is 3. The summed E-state index contributed by atoms with van der Waals surface area (Å²) >= 11 is 1.12. The van der Waals surface area contributed by atoms with E-state index in [1.165, 1.54) is 0 Å². The van der Waals surface area contributed by atoms with E-state index in [1.54, 1.807) is 26.8 Å². The molecular formula is C15H23N3O5S. The van der Waals surface area contributed by atoms with Crippen molar-refractivity contribution < 1.29 is 24.0 Å². The second-order valence-electron chi connectivity index (χ2n) is 5.53. The fraction of sp³-hybridized carbons (Fsp3) is 0.600. The molecule has 3 atom stereocenters. The van der Waals surface area contributed by atoms with Crippen LogP contribution < -0.4 is 10.6 Å². The first kappa shape index (κ1) is 20.0. The zero-order valence-corrected chi connectivity index (χ0v) is 15.0. The number of thioether (sulfide) groups is 1. The summed E-state index contributed by atoms with van der Waals surface area (Å²) in [6.07, 6.45) is 0.639. The van der Waals surface area contributed by atoms with Gasteiger partial charge in [0, 0.05) is 6.07 Å². The van der Waals surface area contributed by atoms with Gasteiger partial charge in [0.15, 0.2) is 5.82 Å². The number of carbonyl (C=O) groups is 3. The molecule has 1 unspecified atom stereocenters. The molecule has 0 radical (unpaired) electrons. The second-order valence-corrected chi connectivity index (χ2v) is 6.86. The quantitative estimate of drug-likeness (QED) is 0.614. The molecule has 0 spiro atoms. The lowest BCUT2D eigenvalue weighted by atomic mass is 9.99. The Morgan fingerprint density at radius 2 is 2.04 bits per heavy atom. The SMILES string of the molecule is CC[C@H](C)[C@H](NC(=O)CSC(C)C(=O)Nc1cc(C)on1)C(=O)O. The summed E-state index contributed by atoms with van der Waals surface area (Å²) in [5.74, 6) is -1.07. The molecule has 1 aromatic rings. The maximum absolute atomic E-state index is 12.0. The lowest BCUT2D eigenvalue weighted by Crippen LogP contribution is -2.45. The van der Waals surface area contributed by atoms with E-state index in [1.807, 2.05) is 6.92 Å². The Balaban J connectivity index is 2.44. The largest absolute Gasteiger partial charge is 0.480 e. The van der Waals surface area contributed by atoms with Gasteiger partial charge in [0.05, 0.1) is 11.0 Å². The third-order valence-electron chi connectivity index (χ3n) is 3.51. The van der Waals surface area contributed by atoms with Gasteiger partial charge in [-0.2, -0.15) is 0 Å². The van der Waals surface area contributed by atoms with Crippen molar-refractivity contribution in [3.8, 4) is 0 Å². The molecule has 8 nitrogen and oxygen atoms in total. The minimum atomic E-state index is -1.06. The second kappa shape index (κ2) is 9.31. The van der Waals surface area contributed by atoms with Crippen molar-refractivity contribution in [3.05, 3.63) is 11.8 Å². The standard InChI is InChI=1S/C15H23N3O5S/c1-5-8(2)13(15(21)22)17-12(19)7-24-10(4)14(20)16-11-6-9(3)23-18-11/h6,8,10,13H,5,7H2,1-4H3,(H,17,19)(H,21,22)(H,16,18,20)/t8-,10?,13-/m0/s1. The van der Waals surface area contributed by atoms with E-state index in [0.29, 0.717) is 18.0 Å². The van der Waals surface area contributed by atoms with E-state index < -0.39 is 23.2 Å². The molecule has 1 aromatic heterocycles. The van der Waals surface area contributed by atoms with Crippen LogP contribution >= 0.6 is 11.8 Å². The number of aryl methyl sites for hydroxylation is 1. The Morgan fingerprint density at radius 1 is 1.38 bits per heavy atom. The number of aliphatic carboxylic acids is 1. The van der Waals surface area contributed by atoms with Crippen molar-refractivity contribution >= 4 is 35.4 Å². The highest BCUT2D eigenvalue weighted by Crippen LogP contribution is 2.15. The Morgan fingerprint density at radius 3 is 2.54 bits per heavy atom. The van der Waals surface area contributed by atoms with E-state index >= 15 is 0 Å². The lowest BCUT2D eigenvalue weighted by molar-refractivity contribution is -0.143. The lowest BCUT2D eigenvalue weighted by Gasteiger charge is -2.20. The van der Waals surface area contributed by atoms with Crippen LogP contribution in [-0.4, -0.2) is 45.1 Å². The van der Waals surface area contributed by atoms with E-state index in [9.17, 15) is 14.4 Å². The summed E-state index contributed by atoms with van der Waals surface area (Å²) in [5, 5.41) is 17.4. The molecule has 24 heavy (non-hydrogen) atoms. The van der Waals surface area contributed by atoms with Crippen LogP contribution in [0.4, 0.5) is 5.82 Å². The molecule has 0 aromatic carbocycles. The first-order chi connectivity index (χ1) is 11.2. The molecule has 0 bridgehead atoms. The highest BCUT2D eigenvalue weighted by Gasteiger charge is 2.25. The van der Waals surface area contributed by atoms with E-state index in [0.717, 1.165) is 11.8 Å². The van der Waals surface area contributed by atoms with Crippen LogP contribution in [0.15, 0.2) is 10.6 Å². The summed E-state index contributed by atoms with van der Waals surface area (Å²) in [6, 6.07) is 0.663. The minimum Gasteiger partial charge on any atom is -0.480 e. The van der Waals surface area contributed by atoms with Crippen molar-refractivity contribution in [2.75, 3.05) is 11.1 Å². The van der Waals surface area contributed by atoms with Crippen LogP contribution in [0, 0.1) is 12.8 Å². The van der Waals surface area contributed by atoms with Crippen LogP contribution in [0.5, 0.6) is 0 Å². The highest BCUT2D eigenvalue weighted by atomic mass is 32.2. The molecule has 0 aliphatic carbocycles. The highest BCUT2D eigenvalue weighted by molar-refractivity contribution is 8.01. The van der Waals surface area contributed by atoms with Gasteiger partial charge >= 0.3 is 5.97 Å². The Hall–Kier alpha value is -2.03. The van der Waals surface area contributed by atoms with Gasteiger partial charge in [0.2, 0.25) is 11.8 Å². The number of aromatic nitrogens is 1. The maximum Gasteiger partial charge on any atom is 0.326 e. The average molecular weight is 357 g/mol. The van der Waals surface area contributed by atoms with Crippen LogP contribution in [0.3, 0.4) is 0 Å². The molecule has 2 amide bonds. The molecule has 0 saturated carbocycles. The van der Waals surface area contributed by atoms with E-state index in [4.69, 9.17) is 9.63 Å². The van der Waals surface area contributed by atoms with Gasteiger partial charge in [-0.25, -0.2) is 4.79 Å². The van der Waals surface area contributed by atoms with Gasteiger partial charge in [-0.05, 0) is 19.8 Å². The van der Waals surface area contributed by atoms with Gasteiger partial charge in [-0.3, -0.25) is 9.59 Å². The van der Waals surface area contributed by atoms with Gasteiger partial charge in [-0.1, -0.05) is 25.4 Å². The number of rotatable bonds is 9. The molecule has 0 aliphatic heterocycles.